The summed E-state index contributed by atoms with van der Waals surface area (Å²) in [7, 11) is 0. The molecule has 0 aliphatic carbocycles. The third kappa shape index (κ3) is 6.34. The number of amides is 1. The molecule has 4 nitrogen and oxygen atoms in total. The van der Waals surface area contributed by atoms with Gasteiger partial charge in [-0.25, -0.2) is 5.43 Å². The third-order valence-corrected chi connectivity index (χ3v) is 3.35. The molecule has 0 aromatic heterocycles. The van der Waals surface area contributed by atoms with Crippen LogP contribution < -0.4 is 10.2 Å². The number of carbonyl (C=O) groups is 1. The SMILES string of the molecule is C/C(CCc1ccccc1)=N/NC(=O)COc1cccc(C)c1. The van der Waals surface area contributed by atoms with E-state index in [1.165, 1.54) is 5.56 Å². The van der Waals surface area contributed by atoms with Crippen molar-refractivity contribution in [2.24, 2.45) is 5.10 Å². The van der Waals surface area contributed by atoms with Crippen LogP contribution in [0.15, 0.2) is 59.7 Å². The maximum Gasteiger partial charge on any atom is 0.277 e. The Hall–Kier alpha value is -2.62. The maximum absolute atomic E-state index is 11.7. The quantitative estimate of drug-likeness (QED) is 0.628. The van der Waals surface area contributed by atoms with Gasteiger partial charge in [0.05, 0.1) is 0 Å². The Morgan fingerprint density at radius 1 is 1.13 bits per heavy atom. The molecule has 0 heterocycles. The highest BCUT2D eigenvalue weighted by Gasteiger charge is 2.02. The minimum absolute atomic E-state index is 0.0427. The summed E-state index contributed by atoms with van der Waals surface area (Å²) in [6.45, 7) is 3.84. The average Bonchev–Trinajstić information content (AvgIpc) is 2.57. The largest absolute Gasteiger partial charge is 0.484 e. The predicted octanol–water partition coefficient (Wildman–Crippen LogP) is 3.50. The second-order valence-electron chi connectivity index (χ2n) is 5.47. The number of nitrogens with one attached hydrogen (secondary N) is 1. The number of aryl methyl sites for hydroxylation is 2. The van der Waals surface area contributed by atoms with Gasteiger partial charge in [0, 0.05) is 5.71 Å². The summed E-state index contributed by atoms with van der Waals surface area (Å²) in [4.78, 5) is 11.7. The molecule has 0 unspecified atom stereocenters. The summed E-state index contributed by atoms with van der Waals surface area (Å²) in [5, 5.41) is 4.11. The van der Waals surface area contributed by atoms with Crippen molar-refractivity contribution >= 4 is 11.6 Å². The van der Waals surface area contributed by atoms with Crippen LogP contribution in [0.4, 0.5) is 0 Å². The van der Waals surface area contributed by atoms with E-state index < -0.39 is 0 Å². The minimum Gasteiger partial charge on any atom is -0.484 e. The van der Waals surface area contributed by atoms with Gasteiger partial charge in [0.2, 0.25) is 0 Å². The van der Waals surface area contributed by atoms with Gasteiger partial charge in [-0.05, 0) is 49.9 Å². The zero-order chi connectivity index (χ0) is 16.5. The number of hydrazone groups is 1. The number of carbonyl (C=O) groups excluding carboxylic acids is 1. The lowest BCUT2D eigenvalue weighted by Gasteiger charge is -2.06. The Kier molecular flexibility index (Phi) is 6.36. The average molecular weight is 310 g/mol. The Morgan fingerprint density at radius 2 is 1.91 bits per heavy atom. The van der Waals surface area contributed by atoms with Gasteiger partial charge in [-0.3, -0.25) is 4.79 Å². The Labute approximate surface area is 137 Å². The number of ether oxygens (including phenoxy) is 1. The summed E-state index contributed by atoms with van der Waals surface area (Å²) in [6, 6.07) is 17.8. The highest BCUT2D eigenvalue weighted by Crippen LogP contribution is 2.11. The Bertz CT molecular complexity index is 666. The molecule has 0 aliphatic heterocycles. The molecule has 2 rings (SSSR count). The van der Waals surface area contributed by atoms with Gasteiger partial charge < -0.3 is 4.74 Å². The molecule has 0 saturated carbocycles. The van der Waals surface area contributed by atoms with E-state index >= 15 is 0 Å². The molecular formula is C19H22N2O2. The van der Waals surface area contributed by atoms with Gasteiger partial charge in [-0.1, -0.05) is 42.5 Å². The molecule has 0 aliphatic rings. The number of hydrogen-bond donors (Lipinski definition) is 1. The van der Waals surface area contributed by atoms with E-state index in [2.05, 4.69) is 22.7 Å². The molecule has 23 heavy (non-hydrogen) atoms. The molecule has 4 heteroatoms. The molecule has 0 fully saturated rings. The van der Waals surface area contributed by atoms with Crippen LogP contribution in [0.3, 0.4) is 0 Å². The fraction of sp³-hybridized carbons (Fsp3) is 0.263. The van der Waals surface area contributed by atoms with Crippen LogP contribution in [-0.4, -0.2) is 18.2 Å². The fourth-order valence-corrected chi connectivity index (χ4v) is 2.07. The highest BCUT2D eigenvalue weighted by atomic mass is 16.5. The van der Waals surface area contributed by atoms with Crippen molar-refractivity contribution < 1.29 is 9.53 Å². The first-order valence-corrected chi connectivity index (χ1v) is 7.69. The number of nitrogens with zero attached hydrogens (tertiary/aromatic N) is 1. The topological polar surface area (TPSA) is 50.7 Å². The lowest BCUT2D eigenvalue weighted by Crippen LogP contribution is -2.25. The van der Waals surface area contributed by atoms with Crippen LogP contribution >= 0.6 is 0 Å². The van der Waals surface area contributed by atoms with E-state index in [0.29, 0.717) is 5.75 Å². The molecule has 0 radical (unpaired) electrons. The van der Waals surface area contributed by atoms with E-state index in [0.717, 1.165) is 24.1 Å². The van der Waals surface area contributed by atoms with Gasteiger partial charge in [0.1, 0.15) is 5.75 Å². The van der Waals surface area contributed by atoms with Crippen molar-refractivity contribution in [3.63, 3.8) is 0 Å². The predicted molar refractivity (Wildman–Crippen MR) is 92.7 cm³/mol. The van der Waals surface area contributed by atoms with Crippen LogP contribution in [-0.2, 0) is 11.2 Å². The first kappa shape index (κ1) is 16.7. The molecule has 1 amide bonds. The maximum atomic E-state index is 11.7. The van der Waals surface area contributed by atoms with Gasteiger partial charge in [0.15, 0.2) is 6.61 Å². The summed E-state index contributed by atoms with van der Waals surface area (Å²) in [5.74, 6) is 0.426. The molecule has 2 aromatic carbocycles. The van der Waals surface area contributed by atoms with Crippen molar-refractivity contribution in [2.45, 2.75) is 26.7 Å². The van der Waals surface area contributed by atoms with E-state index in [-0.39, 0.29) is 12.5 Å². The zero-order valence-corrected chi connectivity index (χ0v) is 13.6. The van der Waals surface area contributed by atoms with Gasteiger partial charge in [-0.2, -0.15) is 5.10 Å². The molecular weight excluding hydrogens is 288 g/mol. The second-order valence-corrected chi connectivity index (χ2v) is 5.47. The Morgan fingerprint density at radius 3 is 2.65 bits per heavy atom. The number of rotatable bonds is 7. The van der Waals surface area contributed by atoms with Gasteiger partial charge in [-0.15, -0.1) is 0 Å². The molecule has 120 valence electrons. The van der Waals surface area contributed by atoms with E-state index in [1.807, 2.05) is 56.3 Å². The lowest BCUT2D eigenvalue weighted by atomic mass is 10.1. The van der Waals surface area contributed by atoms with Crippen LogP contribution in [0, 0.1) is 6.92 Å². The van der Waals surface area contributed by atoms with E-state index in [9.17, 15) is 4.79 Å². The standard InChI is InChI=1S/C19H22N2O2/c1-15-7-6-10-18(13-15)23-14-19(22)21-20-16(2)11-12-17-8-4-3-5-9-17/h3-10,13H,11-12,14H2,1-2H3,(H,21,22)/b20-16-. The van der Waals surface area contributed by atoms with Crippen LogP contribution in [0.1, 0.15) is 24.5 Å². The van der Waals surface area contributed by atoms with Crippen molar-refractivity contribution in [1.82, 2.24) is 5.43 Å². The monoisotopic (exact) mass is 310 g/mol. The first-order valence-electron chi connectivity index (χ1n) is 7.69. The Balaban J connectivity index is 1.72. The number of benzene rings is 2. The summed E-state index contributed by atoms with van der Waals surface area (Å²) in [5.41, 5.74) is 5.77. The fourth-order valence-electron chi connectivity index (χ4n) is 2.07. The lowest BCUT2D eigenvalue weighted by molar-refractivity contribution is -0.123. The normalized spacial score (nSPS) is 11.1. The van der Waals surface area contributed by atoms with Crippen molar-refractivity contribution in [3.8, 4) is 5.75 Å². The van der Waals surface area contributed by atoms with Crippen LogP contribution in [0.5, 0.6) is 5.75 Å². The summed E-state index contributed by atoms with van der Waals surface area (Å²) in [6.07, 6.45) is 1.72. The minimum atomic E-state index is -0.259. The second kappa shape index (κ2) is 8.73. The molecule has 0 spiro atoms. The molecule has 0 saturated heterocycles. The third-order valence-electron chi connectivity index (χ3n) is 3.35. The van der Waals surface area contributed by atoms with E-state index in [4.69, 9.17) is 4.74 Å². The van der Waals surface area contributed by atoms with Crippen LogP contribution in [0.25, 0.3) is 0 Å². The smallest absolute Gasteiger partial charge is 0.277 e. The summed E-state index contributed by atoms with van der Waals surface area (Å²) >= 11 is 0. The number of hydrogen-bond acceptors (Lipinski definition) is 3. The van der Waals surface area contributed by atoms with Gasteiger partial charge >= 0.3 is 0 Å². The summed E-state index contributed by atoms with van der Waals surface area (Å²) < 4.78 is 5.43. The van der Waals surface area contributed by atoms with Crippen molar-refractivity contribution in [2.75, 3.05) is 6.61 Å². The van der Waals surface area contributed by atoms with Crippen molar-refractivity contribution in [3.05, 3.63) is 65.7 Å². The molecule has 0 bridgehead atoms. The molecule has 0 atom stereocenters. The van der Waals surface area contributed by atoms with Crippen molar-refractivity contribution in [1.29, 1.82) is 0 Å². The van der Waals surface area contributed by atoms with Gasteiger partial charge in [0.25, 0.3) is 5.91 Å². The molecule has 1 N–H and O–H groups in total. The zero-order valence-electron chi connectivity index (χ0n) is 13.6. The van der Waals surface area contributed by atoms with Crippen LogP contribution in [0.2, 0.25) is 0 Å². The van der Waals surface area contributed by atoms with E-state index in [1.54, 1.807) is 0 Å². The first-order chi connectivity index (χ1) is 11.1. The highest BCUT2D eigenvalue weighted by molar-refractivity contribution is 5.84. The molecule has 2 aromatic rings.